The van der Waals surface area contributed by atoms with Gasteiger partial charge in [0, 0.05) is 25.7 Å². The van der Waals surface area contributed by atoms with Crippen LogP contribution in [-0.2, 0) is 17.5 Å². The molecule has 2 saturated heterocycles. The maximum Gasteiger partial charge on any atom is 0.433 e. The lowest BCUT2D eigenvalue weighted by atomic mass is 10.1. The number of ether oxygens (including phenoxy) is 1. The molecular weight excluding hydrogens is 321 g/mol. The number of hydrogen-bond acceptors (Lipinski definition) is 5. The van der Waals surface area contributed by atoms with Gasteiger partial charge in [-0.3, -0.25) is 4.90 Å². The summed E-state index contributed by atoms with van der Waals surface area (Å²) in [6.45, 7) is 4.95. The first-order valence-corrected chi connectivity index (χ1v) is 8.36. The van der Waals surface area contributed by atoms with E-state index in [4.69, 9.17) is 4.74 Å². The normalized spacial score (nSPS) is 21.0. The van der Waals surface area contributed by atoms with Gasteiger partial charge in [0.05, 0.1) is 13.2 Å². The molecule has 24 heavy (non-hydrogen) atoms. The Hall–Kier alpha value is -1.38. The SMILES string of the molecule is FC(F)(F)c1cc(CN2CCOCC2)cc(NC2CCNCC2)n1. The lowest BCUT2D eigenvalue weighted by molar-refractivity contribution is -0.141. The van der Waals surface area contributed by atoms with E-state index in [1.165, 1.54) is 0 Å². The Bertz CT molecular complexity index is 502. The summed E-state index contributed by atoms with van der Waals surface area (Å²) < 4.78 is 44.8. The zero-order chi connectivity index (χ0) is 17.0. The molecule has 2 fully saturated rings. The Morgan fingerprint density at radius 2 is 1.92 bits per heavy atom. The second-order valence-corrected chi connectivity index (χ2v) is 6.30. The van der Waals surface area contributed by atoms with E-state index in [1.807, 2.05) is 0 Å². The second-order valence-electron chi connectivity index (χ2n) is 6.30. The third-order valence-corrected chi connectivity index (χ3v) is 4.38. The van der Waals surface area contributed by atoms with E-state index in [9.17, 15) is 13.2 Å². The van der Waals surface area contributed by atoms with Crippen LogP contribution in [0.5, 0.6) is 0 Å². The van der Waals surface area contributed by atoms with Crippen molar-refractivity contribution in [3.63, 3.8) is 0 Å². The fourth-order valence-electron chi connectivity index (χ4n) is 3.09. The molecule has 0 bridgehead atoms. The molecule has 1 aromatic rings. The molecule has 8 heteroatoms. The highest BCUT2D eigenvalue weighted by Gasteiger charge is 2.33. The number of hydrogen-bond donors (Lipinski definition) is 2. The number of nitrogens with one attached hydrogen (secondary N) is 2. The zero-order valence-electron chi connectivity index (χ0n) is 13.5. The van der Waals surface area contributed by atoms with E-state index < -0.39 is 11.9 Å². The van der Waals surface area contributed by atoms with Crippen LogP contribution in [0.3, 0.4) is 0 Å². The molecule has 0 unspecified atom stereocenters. The largest absolute Gasteiger partial charge is 0.433 e. The molecule has 0 aliphatic carbocycles. The molecule has 0 saturated carbocycles. The Labute approximate surface area is 139 Å². The summed E-state index contributed by atoms with van der Waals surface area (Å²) in [6.07, 6.45) is -2.67. The zero-order valence-corrected chi connectivity index (χ0v) is 13.5. The van der Waals surface area contributed by atoms with Crippen LogP contribution in [0.25, 0.3) is 0 Å². The average molecular weight is 344 g/mol. The van der Waals surface area contributed by atoms with Crippen molar-refractivity contribution in [2.24, 2.45) is 0 Å². The van der Waals surface area contributed by atoms with Gasteiger partial charge >= 0.3 is 6.18 Å². The van der Waals surface area contributed by atoms with Gasteiger partial charge in [0.2, 0.25) is 0 Å². The van der Waals surface area contributed by atoms with Crippen LogP contribution in [0.2, 0.25) is 0 Å². The van der Waals surface area contributed by atoms with Crippen molar-refractivity contribution in [1.29, 1.82) is 0 Å². The van der Waals surface area contributed by atoms with E-state index in [0.29, 0.717) is 31.1 Å². The summed E-state index contributed by atoms with van der Waals surface area (Å²) in [5.74, 6) is 0.319. The Morgan fingerprint density at radius 3 is 2.58 bits per heavy atom. The Morgan fingerprint density at radius 1 is 1.21 bits per heavy atom. The minimum Gasteiger partial charge on any atom is -0.379 e. The number of halogens is 3. The number of morpholine rings is 1. The van der Waals surface area contributed by atoms with Crippen molar-refractivity contribution < 1.29 is 17.9 Å². The van der Waals surface area contributed by atoms with Gasteiger partial charge in [-0.15, -0.1) is 0 Å². The van der Waals surface area contributed by atoms with Crippen LogP contribution in [0.15, 0.2) is 12.1 Å². The molecule has 1 aromatic heterocycles. The standard InChI is InChI=1S/C16H23F3N4O/c17-16(18,19)14-9-12(11-23-5-7-24-8-6-23)10-15(22-14)21-13-1-3-20-4-2-13/h9-10,13,20H,1-8,11H2,(H,21,22). The number of aromatic nitrogens is 1. The van der Waals surface area contributed by atoms with Crippen molar-refractivity contribution in [3.05, 3.63) is 23.4 Å². The highest BCUT2D eigenvalue weighted by Crippen LogP contribution is 2.30. The van der Waals surface area contributed by atoms with Crippen LogP contribution in [0.4, 0.5) is 19.0 Å². The molecule has 0 spiro atoms. The predicted molar refractivity (Wildman–Crippen MR) is 84.8 cm³/mol. The third kappa shape index (κ3) is 4.81. The lowest BCUT2D eigenvalue weighted by Gasteiger charge is -2.27. The van der Waals surface area contributed by atoms with E-state index in [-0.39, 0.29) is 6.04 Å². The number of nitrogens with zero attached hydrogens (tertiary/aromatic N) is 2. The predicted octanol–water partition coefficient (Wildman–Crippen LogP) is 2.10. The molecule has 2 aliphatic heterocycles. The summed E-state index contributed by atoms with van der Waals surface area (Å²) >= 11 is 0. The molecule has 0 atom stereocenters. The molecule has 0 amide bonds. The van der Waals surface area contributed by atoms with Gasteiger partial charge in [-0.25, -0.2) is 4.98 Å². The molecule has 3 heterocycles. The first-order chi connectivity index (χ1) is 11.5. The smallest absolute Gasteiger partial charge is 0.379 e. The molecule has 2 aliphatic rings. The van der Waals surface area contributed by atoms with E-state index >= 15 is 0 Å². The van der Waals surface area contributed by atoms with Gasteiger partial charge in [0.25, 0.3) is 0 Å². The second kappa shape index (κ2) is 7.67. The monoisotopic (exact) mass is 344 g/mol. The maximum atomic E-state index is 13.2. The van der Waals surface area contributed by atoms with E-state index in [0.717, 1.165) is 45.1 Å². The van der Waals surface area contributed by atoms with E-state index in [1.54, 1.807) is 6.07 Å². The van der Waals surface area contributed by atoms with Crippen molar-refractivity contribution in [2.75, 3.05) is 44.7 Å². The fourth-order valence-corrected chi connectivity index (χ4v) is 3.09. The van der Waals surface area contributed by atoms with E-state index in [2.05, 4.69) is 20.5 Å². The topological polar surface area (TPSA) is 49.4 Å². The molecule has 2 N–H and O–H groups in total. The molecular formula is C16H23F3N4O. The van der Waals surface area contributed by atoms with Gasteiger partial charge in [-0.2, -0.15) is 13.2 Å². The molecule has 0 radical (unpaired) electrons. The Kier molecular flexibility index (Phi) is 5.57. The van der Waals surface area contributed by atoms with Gasteiger partial charge in [0.15, 0.2) is 0 Å². The first kappa shape index (κ1) is 17.4. The minimum atomic E-state index is -4.44. The van der Waals surface area contributed by atoms with Crippen LogP contribution in [0.1, 0.15) is 24.1 Å². The number of rotatable bonds is 4. The van der Waals surface area contributed by atoms with Gasteiger partial charge in [-0.05, 0) is 43.6 Å². The van der Waals surface area contributed by atoms with Crippen molar-refractivity contribution in [2.45, 2.75) is 31.6 Å². The molecule has 134 valence electrons. The van der Waals surface area contributed by atoms with Crippen molar-refractivity contribution >= 4 is 5.82 Å². The summed E-state index contributed by atoms with van der Waals surface area (Å²) in [5, 5.41) is 6.42. The van der Waals surface area contributed by atoms with Crippen LogP contribution in [-0.4, -0.2) is 55.3 Å². The molecule has 5 nitrogen and oxygen atoms in total. The molecule has 3 rings (SSSR count). The number of pyridine rings is 1. The maximum absolute atomic E-state index is 13.2. The number of anilines is 1. The lowest BCUT2D eigenvalue weighted by Crippen LogP contribution is -2.36. The fraction of sp³-hybridized carbons (Fsp3) is 0.688. The number of alkyl halides is 3. The van der Waals surface area contributed by atoms with Crippen molar-refractivity contribution in [1.82, 2.24) is 15.2 Å². The number of piperidine rings is 1. The third-order valence-electron chi connectivity index (χ3n) is 4.38. The van der Waals surface area contributed by atoms with Crippen LogP contribution < -0.4 is 10.6 Å². The summed E-state index contributed by atoms with van der Waals surface area (Å²) in [6, 6.07) is 3.06. The highest BCUT2D eigenvalue weighted by atomic mass is 19.4. The minimum absolute atomic E-state index is 0.165. The first-order valence-electron chi connectivity index (χ1n) is 8.36. The van der Waals surface area contributed by atoms with Crippen LogP contribution >= 0.6 is 0 Å². The Balaban J connectivity index is 1.77. The highest BCUT2D eigenvalue weighted by molar-refractivity contribution is 5.41. The summed E-state index contributed by atoms with van der Waals surface area (Å²) in [7, 11) is 0. The van der Waals surface area contributed by atoms with Gasteiger partial charge in [-0.1, -0.05) is 0 Å². The van der Waals surface area contributed by atoms with Gasteiger partial charge < -0.3 is 15.4 Å². The van der Waals surface area contributed by atoms with Crippen LogP contribution in [0, 0.1) is 0 Å². The average Bonchev–Trinajstić information content (AvgIpc) is 2.56. The quantitative estimate of drug-likeness (QED) is 0.876. The molecule has 0 aromatic carbocycles. The summed E-state index contributed by atoms with van der Waals surface area (Å²) in [5.41, 5.74) is -0.194. The van der Waals surface area contributed by atoms with Gasteiger partial charge in [0.1, 0.15) is 11.5 Å². The summed E-state index contributed by atoms with van der Waals surface area (Å²) in [4.78, 5) is 5.90. The van der Waals surface area contributed by atoms with Crippen molar-refractivity contribution in [3.8, 4) is 0 Å².